The first-order chi connectivity index (χ1) is 7.75. The molecule has 82 valence electrons. The molecule has 0 radical (unpaired) electrons. The Morgan fingerprint density at radius 1 is 1.06 bits per heavy atom. The zero-order valence-electron chi connectivity index (χ0n) is 9.83. The highest BCUT2D eigenvalue weighted by Gasteiger charge is 1.94. The molecule has 0 heterocycles. The second kappa shape index (κ2) is 4.84. The van der Waals surface area contributed by atoms with Crippen LogP contribution >= 0.6 is 0 Å². The summed E-state index contributed by atoms with van der Waals surface area (Å²) in [5, 5.41) is 5.96. The first-order valence-corrected chi connectivity index (χ1v) is 5.62. The van der Waals surface area contributed by atoms with E-state index in [0.29, 0.717) is 0 Å². The predicted molar refractivity (Wildman–Crippen MR) is 71.9 cm³/mol. The SMILES string of the molecule is CC(C)=CCNc1ccc2ccccc2c1. The summed E-state index contributed by atoms with van der Waals surface area (Å²) in [4.78, 5) is 0. The molecule has 0 aromatic heterocycles. The zero-order valence-corrected chi connectivity index (χ0v) is 9.83. The Bertz CT molecular complexity index is 508. The van der Waals surface area contributed by atoms with Gasteiger partial charge in [0.15, 0.2) is 0 Å². The van der Waals surface area contributed by atoms with Crippen LogP contribution in [0.25, 0.3) is 10.8 Å². The molecule has 1 nitrogen and oxygen atoms in total. The Hall–Kier alpha value is -1.76. The van der Waals surface area contributed by atoms with Crippen molar-refractivity contribution in [2.24, 2.45) is 0 Å². The van der Waals surface area contributed by atoms with E-state index < -0.39 is 0 Å². The van der Waals surface area contributed by atoms with E-state index in [0.717, 1.165) is 6.54 Å². The van der Waals surface area contributed by atoms with E-state index in [1.165, 1.54) is 22.0 Å². The van der Waals surface area contributed by atoms with Crippen LogP contribution in [-0.2, 0) is 0 Å². The van der Waals surface area contributed by atoms with Gasteiger partial charge in [0, 0.05) is 12.2 Å². The minimum absolute atomic E-state index is 0.890. The predicted octanol–water partition coefficient (Wildman–Crippen LogP) is 4.22. The summed E-state index contributed by atoms with van der Waals surface area (Å²) in [7, 11) is 0. The van der Waals surface area contributed by atoms with Crippen LogP contribution in [0.4, 0.5) is 5.69 Å². The van der Waals surface area contributed by atoms with Crippen molar-refractivity contribution >= 4 is 16.5 Å². The normalized spacial score (nSPS) is 10.1. The van der Waals surface area contributed by atoms with Gasteiger partial charge < -0.3 is 5.32 Å². The Kier molecular flexibility index (Phi) is 3.25. The molecule has 0 aliphatic rings. The lowest BCUT2D eigenvalue weighted by Gasteiger charge is -2.05. The third kappa shape index (κ3) is 2.63. The second-order valence-electron chi connectivity index (χ2n) is 4.22. The molecule has 0 aliphatic heterocycles. The number of hydrogen-bond acceptors (Lipinski definition) is 1. The first kappa shape index (κ1) is 10.7. The van der Waals surface area contributed by atoms with E-state index >= 15 is 0 Å². The van der Waals surface area contributed by atoms with Gasteiger partial charge >= 0.3 is 0 Å². The molecule has 0 saturated carbocycles. The lowest BCUT2D eigenvalue weighted by molar-refractivity contribution is 1.27. The van der Waals surface area contributed by atoms with Crippen LogP contribution in [-0.4, -0.2) is 6.54 Å². The molecule has 0 bridgehead atoms. The quantitative estimate of drug-likeness (QED) is 0.749. The number of hydrogen-bond donors (Lipinski definition) is 1. The van der Waals surface area contributed by atoms with Crippen molar-refractivity contribution in [3.8, 4) is 0 Å². The van der Waals surface area contributed by atoms with Crippen molar-refractivity contribution < 1.29 is 0 Å². The minimum atomic E-state index is 0.890. The summed E-state index contributed by atoms with van der Waals surface area (Å²) in [5.74, 6) is 0. The summed E-state index contributed by atoms with van der Waals surface area (Å²) in [5.41, 5.74) is 2.52. The standard InChI is InChI=1S/C15H17N/c1-12(2)9-10-16-15-8-7-13-5-3-4-6-14(13)11-15/h3-9,11,16H,10H2,1-2H3. The number of benzene rings is 2. The monoisotopic (exact) mass is 211 g/mol. The highest BCUT2D eigenvalue weighted by atomic mass is 14.8. The van der Waals surface area contributed by atoms with Crippen LogP contribution in [0.2, 0.25) is 0 Å². The smallest absolute Gasteiger partial charge is 0.0349 e. The largest absolute Gasteiger partial charge is 0.382 e. The van der Waals surface area contributed by atoms with Crippen LogP contribution in [0.15, 0.2) is 54.1 Å². The molecule has 2 rings (SSSR count). The van der Waals surface area contributed by atoms with Gasteiger partial charge in [-0.1, -0.05) is 42.0 Å². The number of fused-ring (bicyclic) bond motifs is 1. The molecule has 0 unspecified atom stereocenters. The molecule has 0 atom stereocenters. The van der Waals surface area contributed by atoms with Crippen molar-refractivity contribution in [3.63, 3.8) is 0 Å². The molecule has 16 heavy (non-hydrogen) atoms. The van der Waals surface area contributed by atoms with Crippen LogP contribution in [0.3, 0.4) is 0 Å². The van der Waals surface area contributed by atoms with Crippen molar-refractivity contribution in [1.82, 2.24) is 0 Å². The fourth-order valence-corrected chi connectivity index (χ4v) is 1.67. The molecular weight excluding hydrogens is 194 g/mol. The molecular formula is C15H17N. The van der Waals surface area contributed by atoms with Crippen LogP contribution < -0.4 is 5.32 Å². The summed E-state index contributed by atoms with van der Waals surface area (Å²) >= 11 is 0. The Labute approximate surface area is 96.8 Å². The lowest BCUT2D eigenvalue weighted by Crippen LogP contribution is -1.98. The van der Waals surface area contributed by atoms with Gasteiger partial charge in [-0.25, -0.2) is 0 Å². The van der Waals surface area contributed by atoms with Crippen LogP contribution in [0, 0.1) is 0 Å². The van der Waals surface area contributed by atoms with Gasteiger partial charge in [0.1, 0.15) is 0 Å². The van der Waals surface area contributed by atoms with Gasteiger partial charge in [-0.05, 0) is 36.8 Å². The topological polar surface area (TPSA) is 12.0 Å². The van der Waals surface area contributed by atoms with Crippen LogP contribution in [0.1, 0.15) is 13.8 Å². The number of anilines is 1. The lowest BCUT2D eigenvalue weighted by atomic mass is 10.1. The van der Waals surface area contributed by atoms with Gasteiger partial charge in [-0.2, -0.15) is 0 Å². The van der Waals surface area contributed by atoms with E-state index in [1.807, 2.05) is 0 Å². The van der Waals surface area contributed by atoms with E-state index in [4.69, 9.17) is 0 Å². The fourth-order valence-electron chi connectivity index (χ4n) is 1.67. The molecule has 0 amide bonds. The molecule has 0 fully saturated rings. The van der Waals surface area contributed by atoms with Gasteiger partial charge in [0.25, 0.3) is 0 Å². The third-order valence-electron chi connectivity index (χ3n) is 2.57. The molecule has 1 heteroatoms. The number of nitrogens with one attached hydrogen (secondary N) is 1. The highest BCUT2D eigenvalue weighted by molar-refractivity contribution is 5.85. The van der Waals surface area contributed by atoms with Gasteiger partial charge in [0.2, 0.25) is 0 Å². The van der Waals surface area contributed by atoms with Crippen molar-refractivity contribution in [2.45, 2.75) is 13.8 Å². The van der Waals surface area contributed by atoms with E-state index in [-0.39, 0.29) is 0 Å². The van der Waals surface area contributed by atoms with E-state index in [2.05, 4.69) is 67.7 Å². The molecule has 2 aromatic rings. The average molecular weight is 211 g/mol. The summed E-state index contributed by atoms with van der Waals surface area (Å²) < 4.78 is 0. The zero-order chi connectivity index (χ0) is 11.4. The van der Waals surface area contributed by atoms with Gasteiger partial charge in [-0.3, -0.25) is 0 Å². The second-order valence-corrected chi connectivity index (χ2v) is 4.22. The molecule has 1 N–H and O–H groups in total. The maximum atomic E-state index is 3.39. The van der Waals surface area contributed by atoms with Crippen molar-refractivity contribution in [3.05, 3.63) is 54.1 Å². The van der Waals surface area contributed by atoms with E-state index in [9.17, 15) is 0 Å². The van der Waals surface area contributed by atoms with Crippen molar-refractivity contribution in [2.75, 3.05) is 11.9 Å². The summed E-state index contributed by atoms with van der Waals surface area (Å²) in [6.07, 6.45) is 2.19. The molecule has 0 spiro atoms. The number of allylic oxidation sites excluding steroid dienone is 1. The molecule has 2 aromatic carbocycles. The Morgan fingerprint density at radius 2 is 1.81 bits per heavy atom. The molecule has 0 aliphatic carbocycles. The first-order valence-electron chi connectivity index (χ1n) is 5.62. The highest BCUT2D eigenvalue weighted by Crippen LogP contribution is 2.18. The maximum absolute atomic E-state index is 3.39. The fraction of sp³-hybridized carbons (Fsp3) is 0.200. The maximum Gasteiger partial charge on any atom is 0.0349 e. The summed E-state index contributed by atoms with van der Waals surface area (Å²) in [6.45, 7) is 5.12. The molecule has 0 saturated heterocycles. The van der Waals surface area contributed by atoms with Gasteiger partial charge in [0.05, 0.1) is 0 Å². The Balaban J connectivity index is 2.16. The number of rotatable bonds is 3. The third-order valence-corrected chi connectivity index (χ3v) is 2.57. The average Bonchev–Trinajstić information content (AvgIpc) is 2.28. The Morgan fingerprint density at radius 3 is 2.56 bits per heavy atom. The van der Waals surface area contributed by atoms with Gasteiger partial charge in [-0.15, -0.1) is 0 Å². The van der Waals surface area contributed by atoms with Crippen LogP contribution in [0.5, 0.6) is 0 Å². The summed E-state index contributed by atoms with van der Waals surface area (Å²) in [6, 6.07) is 14.9. The van der Waals surface area contributed by atoms with E-state index in [1.54, 1.807) is 0 Å². The minimum Gasteiger partial charge on any atom is -0.382 e. The van der Waals surface area contributed by atoms with Crippen molar-refractivity contribution in [1.29, 1.82) is 0 Å².